The number of aryl methyl sites for hydroxylation is 1. The molecule has 3 rings (SSSR count). The second-order valence-electron chi connectivity index (χ2n) is 6.18. The van der Waals surface area contributed by atoms with E-state index >= 15 is 0 Å². The van der Waals surface area contributed by atoms with Gasteiger partial charge in [-0.1, -0.05) is 41.6 Å². The van der Waals surface area contributed by atoms with Crippen LogP contribution in [0.1, 0.15) is 24.1 Å². The molecule has 0 saturated heterocycles. The highest BCUT2D eigenvalue weighted by molar-refractivity contribution is 7.99. The summed E-state index contributed by atoms with van der Waals surface area (Å²) in [6.07, 6.45) is 0. The average Bonchev–Trinajstić information content (AvgIpc) is 3.14. The van der Waals surface area contributed by atoms with Crippen LogP contribution >= 0.6 is 23.4 Å². The Morgan fingerprint density at radius 1 is 1.32 bits per heavy atom. The van der Waals surface area contributed by atoms with Crippen LogP contribution in [0.5, 0.6) is 5.75 Å². The van der Waals surface area contributed by atoms with E-state index in [0.717, 1.165) is 16.8 Å². The van der Waals surface area contributed by atoms with E-state index in [1.807, 2.05) is 50.2 Å². The number of tetrazole rings is 1. The summed E-state index contributed by atoms with van der Waals surface area (Å²) >= 11 is 7.27. The molecule has 1 aromatic heterocycles. The fraction of sp³-hybridized carbons (Fsp3) is 0.263. The molecule has 9 heteroatoms. The first kappa shape index (κ1) is 20.2. The molecule has 7 nitrogen and oxygen atoms in total. The highest BCUT2D eigenvalue weighted by atomic mass is 35.5. The van der Waals surface area contributed by atoms with Gasteiger partial charge in [0.25, 0.3) is 0 Å². The number of thioether (sulfide) groups is 1. The highest BCUT2D eigenvalue weighted by Gasteiger charge is 2.16. The van der Waals surface area contributed by atoms with Gasteiger partial charge < -0.3 is 10.1 Å². The smallest absolute Gasteiger partial charge is 0.230 e. The number of aromatic nitrogens is 4. The molecule has 1 heterocycles. The predicted octanol–water partition coefficient (Wildman–Crippen LogP) is 3.60. The zero-order chi connectivity index (χ0) is 20.1. The molecule has 0 fully saturated rings. The molecule has 1 atom stereocenters. The van der Waals surface area contributed by atoms with Gasteiger partial charge in [-0.2, -0.15) is 4.68 Å². The van der Waals surface area contributed by atoms with Gasteiger partial charge in [-0.3, -0.25) is 4.79 Å². The molecule has 0 aliphatic carbocycles. The summed E-state index contributed by atoms with van der Waals surface area (Å²) in [5.74, 6) is 0.710. The fourth-order valence-corrected chi connectivity index (χ4v) is 3.55. The number of benzene rings is 2. The zero-order valence-electron chi connectivity index (χ0n) is 15.7. The Hall–Kier alpha value is -2.58. The lowest BCUT2D eigenvalue weighted by atomic mass is 10.1. The van der Waals surface area contributed by atoms with Gasteiger partial charge in [0.15, 0.2) is 0 Å². The minimum Gasteiger partial charge on any atom is -0.494 e. The summed E-state index contributed by atoms with van der Waals surface area (Å²) in [4.78, 5) is 12.4. The normalized spacial score (nSPS) is 11.9. The summed E-state index contributed by atoms with van der Waals surface area (Å²) in [5, 5.41) is 15.9. The average molecular weight is 418 g/mol. The number of halogens is 1. The van der Waals surface area contributed by atoms with E-state index in [1.165, 1.54) is 11.8 Å². The zero-order valence-corrected chi connectivity index (χ0v) is 17.3. The Kier molecular flexibility index (Phi) is 6.53. The van der Waals surface area contributed by atoms with Crippen molar-refractivity contribution in [2.24, 2.45) is 0 Å². The van der Waals surface area contributed by atoms with Crippen LogP contribution in [-0.2, 0) is 4.79 Å². The molecule has 0 bridgehead atoms. The molecule has 0 aliphatic rings. The maximum Gasteiger partial charge on any atom is 0.230 e. The Balaban J connectivity index is 1.67. The number of carbonyl (C=O) groups is 1. The Labute approximate surface area is 172 Å². The van der Waals surface area contributed by atoms with Gasteiger partial charge in [-0.15, -0.1) is 5.10 Å². The quantitative estimate of drug-likeness (QED) is 0.591. The van der Waals surface area contributed by atoms with Crippen molar-refractivity contribution in [3.8, 4) is 11.4 Å². The van der Waals surface area contributed by atoms with E-state index in [9.17, 15) is 4.79 Å². The third kappa shape index (κ3) is 4.82. The minimum absolute atomic E-state index is 0.122. The van der Waals surface area contributed by atoms with Crippen molar-refractivity contribution in [2.45, 2.75) is 25.0 Å². The number of hydrogen-bond donors (Lipinski definition) is 1. The molecule has 0 radical (unpaired) electrons. The molecule has 0 spiro atoms. The molecular weight excluding hydrogens is 398 g/mol. The third-order valence-corrected chi connectivity index (χ3v) is 5.22. The number of amides is 1. The lowest BCUT2D eigenvalue weighted by Gasteiger charge is -2.14. The van der Waals surface area contributed by atoms with E-state index in [2.05, 4.69) is 20.8 Å². The van der Waals surface area contributed by atoms with Crippen molar-refractivity contribution >= 4 is 29.3 Å². The van der Waals surface area contributed by atoms with Crippen LogP contribution in [-0.4, -0.2) is 39.0 Å². The van der Waals surface area contributed by atoms with Gasteiger partial charge in [0.05, 0.1) is 18.9 Å². The molecule has 3 aromatic rings. The molecule has 1 N–H and O–H groups in total. The maximum atomic E-state index is 12.4. The first-order valence-corrected chi connectivity index (χ1v) is 9.95. The van der Waals surface area contributed by atoms with Crippen molar-refractivity contribution in [1.82, 2.24) is 25.5 Å². The molecule has 0 unspecified atom stereocenters. The van der Waals surface area contributed by atoms with Crippen LogP contribution in [0.25, 0.3) is 5.69 Å². The van der Waals surface area contributed by atoms with E-state index in [1.54, 1.807) is 17.9 Å². The molecule has 2 aromatic carbocycles. The lowest BCUT2D eigenvalue weighted by Crippen LogP contribution is -2.28. The second-order valence-corrected chi connectivity index (χ2v) is 7.56. The van der Waals surface area contributed by atoms with Crippen molar-refractivity contribution < 1.29 is 9.53 Å². The van der Waals surface area contributed by atoms with Gasteiger partial charge in [0.2, 0.25) is 11.1 Å². The van der Waals surface area contributed by atoms with Crippen LogP contribution in [0.2, 0.25) is 5.02 Å². The number of nitrogens with zero attached hydrogens (tertiary/aromatic N) is 4. The fourth-order valence-electron chi connectivity index (χ4n) is 2.66. The third-order valence-electron chi connectivity index (χ3n) is 4.06. The summed E-state index contributed by atoms with van der Waals surface area (Å²) in [6.45, 7) is 3.89. The van der Waals surface area contributed by atoms with E-state index in [0.29, 0.717) is 15.9 Å². The van der Waals surface area contributed by atoms with Crippen molar-refractivity contribution in [3.05, 3.63) is 58.6 Å². The first-order valence-electron chi connectivity index (χ1n) is 8.59. The van der Waals surface area contributed by atoms with Crippen LogP contribution < -0.4 is 10.1 Å². The van der Waals surface area contributed by atoms with E-state index in [4.69, 9.17) is 16.3 Å². The van der Waals surface area contributed by atoms with E-state index in [-0.39, 0.29) is 17.7 Å². The molecule has 0 saturated carbocycles. The Morgan fingerprint density at radius 3 is 2.89 bits per heavy atom. The van der Waals surface area contributed by atoms with Crippen LogP contribution in [0.4, 0.5) is 0 Å². The lowest BCUT2D eigenvalue weighted by molar-refractivity contribution is -0.119. The van der Waals surface area contributed by atoms with Crippen LogP contribution in [0.15, 0.2) is 47.6 Å². The predicted molar refractivity (Wildman–Crippen MR) is 109 cm³/mol. The van der Waals surface area contributed by atoms with Gasteiger partial charge >= 0.3 is 0 Å². The van der Waals surface area contributed by atoms with Crippen LogP contribution in [0.3, 0.4) is 0 Å². The molecule has 146 valence electrons. The number of ether oxygens (including phenoxy) is 1. The molecule has 1 amide bonds. The van der Waals surface area contributed by atoms with Crippen molar-refractivity contribution in [3.63, 3.8) is 0 Å². The first-order chi connectivity index (χ1) is 13.5. The maximum absolute atomic E-state index is 12.4. The largest absolute Gasteiger partial charge is 0.494 e. The van der Waals surface area contributed by atoms with Crippen LogP contribution in [0, 0.1) is 6.92 Å². The van der Waals surface area contributed by atoms with Gasteiger partial charge in [0, 0.05) is 5.02 Å². The van der Waals surface area contributed by atoms with Gasteiger partial charge in [-0.25, -0.2) is 0 Å². The Bertz CT molecular complexity index is 978. The van der Waals surface area contributed by atoms with Crippen molar-refractivity contribution in [2.75, 3.05) is 12.9 Å². The number of carbonyl (C=O) groups excluding carboxylic acids is 1. The summed E-state index contributed by atoms with van der Waals surface area (Å²) < 4.78 is 6.97. The summed E-state index contributed by atoms with van der Waals surface area (Å²) in [5.41, 5.74) is 2.72. The van der Waals surface area contributed by atoms with Gasteiger partial charge in [0.1, 0.15) is 11.4 Å². The topological polar surface area (TPSA) is 81.9 Å². The SMILES string of the molecule is COc1ccc(C)cc1-n1nnnc1SCC(=O)N[C@@H](C)c1cccc(Cl)c1. The molecule has 28 heavy (non-hydrogen) atoms. The number of methoxy groups -OCH3 is 1. The van der Waals surface area contributed by atoms with E-state index < -0.39 is 0 Å². The highest BCUT2D eigenvalue weighted by Crippen LogP contribution is 2.27. The number of hydrogen-bond acceptors (Lipinski definition) is 6. The number of rotatable bonds is 7. The summed E-state index contributed by atoms with van der Waals surface area (Å²) in [7, 11) is 1.59. The molecule has 0 aliphatic heterocycles. The number of nitrogens with one attached hydrogen (secondary N) is 1. The monoisotopic (exact) mass is 417 g/mol. The Morgan fingerprint density at radius 2 is 2.14 bits per heavy atom. The van der Waals surface area contributed by atoms with Crippen molar-refractivity contribution in [1.29, 1.82) is 0 Å². The second kappa shape index (κ2) is 9.07. The summed E-state index contributed by atoms with van der Waals surface area (Å²) in [6, 6.07) is 13.0. The molecular formula is C19H20ClN5O2S. The standard InChI is InChI=1S/C19H20ClN5O2S/c1-12-7-8-17(27-3)16(9-12)25-19(22-23-24-25)28-11-18(26)21-13(2)14-5-4-6-15(20)10-14/h4-10,13H,11H2,1-3H3,(H,21,26)/t13-/m0/s1. The minimum atomic E-state index is -0.153. The van der Waals surface area contributed by atoms with Gasteiger partial charge in [-0.05, 0) is 59.7 Å².